The molecule has 8 rings (SSSR count). The van der Waals surface area contributed by atoms with Gasteiger partial charge in [0.05, 0.1) is 29.7 Å². The molecule has 4 aliphatic rings. The van der Waals surface area contributed by atoms with Crippen molar-refractivity contribution < 1.29 is 9.26 Å². The topological polar surface area (TPSA) is 135 Å². The van der Waals surface area contributed by atoms with Crippen LogP contribution in [0.25, 0.3) is 11.6 Å². The van der Waals surface area contributed by atoms with Gasteiger partial charge in [0, 0.05) is 47.1 Å². The predicted molar refractivity (Wildman–Crippen MR) is 166 cm³/mol. The molecule has 0 aromatic carbocycles. The van der Waals surface area contributed by atoms with Gasteiger partial charge in [-0.15, -0.1) is 11.3 Å². The number of hydrogen-bond donors (Lipinski definition) is 1. The lowest BCUT2D eigenvalue weighted by molar-refractivity contribution is 0.117. The SMILES string of the molecule is C[C@H](Oc1cc(N2Cc3cnn(C)c3C2)nc(-c2onc3c2CCC[C@@]32CCCc3sc(N)c(C#N)c32)n1)[C@@H]1CCCN1C. The van der Waals surface area contributed by atoms with E-state index in [-0.39, 0.29) is 11.5 Å². The van der Waals surface area contributed by atoms with Gasteiger partial charge in [-0.1, -0.05) is 5.16 Å². The number of rotatable bonds is 5. The highest BCUT2D eigenvalue weighted by atomic mass is 32.1. The number of thiophene rings is 1. The minimum Gasteiger partial charge on any atom is -0.473 e. The molecule has 1 saturated heterocycles. The highest BCUT2D eigenvalue weighted by Crippen LogP contribution is 2.54. The van der Waals surface area contributed by atoms with E-state index in [2.05, 4.69) is 34.9 Å². The molecule has 0 bridgehead atoms. The Morgan fingerprint density at radius 1 is 1.18 bits per heavy atom. The number of likely N-dealkylation sites (tertiary alicyclic amines) is 1. The van der Waals surface area contributed by atoms with Crippen LogP contribution >= 0.6 is 11.3 Å². The van der Waals surface area contributed by atoms with Gasteiger partial charge in [-0.05, 0) is 77.4 Å². The van der Waals surface area contributed by atoms with Crippen molar-refractivity contribution in [2.24, 2.45) is 7.05 Å². The summed E-state index contributed by atoms with van der Waals surface area (Å²) in [4.78, 5) is 15.9. The van der Waals surface area contributed by atoms with E-state index in [1.54, 1.807) is 11.3 Å². The van der Waals surface area contributed by atoms with Gasteiger partial charge in [0.25, 0.3) is 0 Å². The molecule has 0 saturated carbocycles. The molecule has 4 aromatic heterocycles. The number of hydrogen-bond acceptors (Lipinski definition) is 11. The summed E-state index contributed by atoms with van der Waals surface area (Å²) in [7, 11) is 4.14. The second-order valence-corrected chi connectivity index (χ2v) is 14.0. The van der Waals surface area contributed by atoms with E-state index in [1.165, 1.54) is 22.6 Å². The van der Waals surface area contributed by atoms with Gasteiger partial charge in [0.1, 0.15) is 23.0 Å². The molecule has 6 heterocycles. The van der Waals surface area contributed by atoms with E-state index in [4.69, 9.17) is 30.1 Å². The Morgan fingerprint density at radius 2 is 2.02 bits per heavy atom. The number of nitrogens with zero attached hydrogens (tertiary/aromatic N) is 8. The summed E-state index contributed by atoms with van der Waals surface area (Å²) in [6, 6.07) is 4.71. The van der Waals surface area contributed by atoms with Gasteiger partial charge < -0.3 is 19.9 Å². The Bertz CT molecular complexity index is 1800. The molecular weight excluding hydrogens is 574 g/mol. The van der Waals surface area contributed by atoms with E-state index in [0.29, 0.717) is 40.6 Å². The van der Waals surface area contributed by atoms with E-state index in [0.717, 1.165) is 80.7 Å². The zero-order chi connectivity index (χ0) is 30.2. The number of aromatic nitrogens is 5. The number of anilines is 2. The van der Waals surface area contributed by atoms with Crippen LogP contribution in [-0.4, -0.2) is 55.5 Å². The molecule has 3 atom stereocenters. The van der Waals surface area contributed by atoms with E-state index in [9.17, 15) is 5.26 Å². The average Bonchev–Trinajstić information content (AvgIpc) is 3.83. The van der Waals surface area contributed by atoms with Crippen LogP contribution in [0.15, 0.2) is 16.8 Å². The smallest absolute Gasteiger partial charge is 0.219 e. The zero-order valence-corrected chi connectivity index (χ0v) is 26.3. The predicted octanol–water partition coefficient (Wildman–Crippen LogP) is 4.72. The molecule has 0 unspecified atom stereocenters. The van der Waals surface area contributed by atoms with Crippen LogP contribution in [0, 0.1) is 11.3 Å². The number of nitrogen functional groups attached to an aromatic ring is 1. The minimum atomic E-state index is -0.371. The summed E-state index contributed by atoms with van der Waals surface area (Å²) >= 11 is 1.56. The van der Waals surface area contributed by atoms with E-state index < -0.39 is 0 Å². The van der Waals surface area contributed by atoms with Crippen LogP contribution in [-0.2, 0) is 38.4 Å². The summed E-state index contributed by atoms with van der Waals surface area (Å²) in [6.07, 6.45) is 9.79. The lowest BCUT2D eigenvalue weighted by Crippen LogP contribution is -2.38. The summed E-state index contributed by atoms with van der Waals surface area (Å²) in [6.45, 7) is 4.64. The van der Waals surface area contributed by atoms with Crippen molar-refractivity contribution in [1.82, 2.24) is 29.8 Å². The first-order chi connectivity index (χ1) is 21.4. The van der Waals surface area contributed by atoms with Crippen molar-refractivity contribution in [3.8, 4) is 23.5 Å². The molecule has 1 fully saturated rings. The van der Waals surface area contributed by atoms with Gasteiger partial charge in [0.2, 0.25) is 17.5 Å². The largest absolute Gasteiger partial charge is 0.473 e. The third-order valence-electron chi connectivity index (χ3n) is 10.4. The minimum absolute atomic E-state index is 0.0286. The van der Waals surface area contributed by atoms with Crippen molar-refractivity contribution in [2.45, 2.75) is 88.9 Å². The summed E-state index contributed by atoms with van der Waals surface area (Å²) in [5, 5.41) is 19.9. The summed E-state index contributed by atoms with van der Waals surface area (Å²) in [5.74, 6) is 2.43. The van der Waals surface area contributed by atoms with Crippen LogP contribution in [0.3, 0.4) is 0 Å². The Kier molecular flexibility index (Phi) is 6.46. The maximum absolute atomic E-state index is 10.1. The third-order valence-corrected chi connectivity index (χ3v) is 11.4. The maximum atomic E-state index is 10.1. The van der Waals surface area contributed by atoms with Crippen molar-refractivity contribution in [3.63, 3.8) is 0 Å². The van der Waals surface area contributed by atoms with Crippen molar-refractivity contribution in [1.29, 1.82) is 5.26 Å². The van der Waals surface area contributed by atoms with Gasteiger partial charge >= 0.3 is 0 Å². The summed E-state index contributed by atoms with van der Waals surface area (Å²) < 4.78 is 14.7. The van der Waals surface area contributed by atoms with E-state index in [1.807, 2.05) is 24.0 Å². The molecule has 12 heteroatoms. The van der Waals surface area contributed by atoms with Crippen LogP contribution in [0.2, 0.25) is 0 Å². The lowest BCUT2D eigenvalue weighted by atomic mass is 9.62. The molecule has 2 aliphatic heterocycles. The quantitative estimate of drug-likeness (QED) is 0.338. The van der Waals surface area contributed by atoms with Crippen molar-refractivity contribution in [3.05, 3.63) is 50.8 Å². The molecule has 1 spiro atoms. The van der Waals surface area contributed by atoms with Crippen LogP contribution in [0.4, 0.5) is 10.8 Å². The highest BCUT2D eigenvalue weighted by molar-refractivity contribution is 7.16. The fraction of sp³-hybridized carbons (Fsp3) is 0.531. The fourth-order valence-corrected chi connectivity index (χ4v) is 9.38. The van der Waals surface area contributed by atoms with Gasteiger partial charge in [-0.25, -0.2) is 4.98 Å². The maximum Gasteiger partial charge on any atom is 0.219 e. The molecule has 228 valence electrons. The first-order valence-electron chi connectivity index (χ1n) is 15.7. The van der Waals surface area contributed by atoms with Crippen LogP contribution in [0.5, 0.6) is 5.88 Å². The molecule has 0 radical (unpaired) electrons. The lowest BCUT2D eigenvalue weighted by Gasteiger charge is -2.39. The molecule has 2 N–H and O–H groups in total. The second kappa shape index (κ2) is 10.3. The number of nitrogens with two attached hydrogens (primary N) is 1. The molecule has 2 aliphatic carbocycles. The van der Waals surface area contributed by atoms with Gasteiger partial charge in [-0.3, -0.25) is 9.58 Å². The number of aryl methyl sites for hydroxylation is 2. The first kappa shape index (κ1) is 27.6. The Morgan fingerprint density at radius 3 is 2.80 bits per heavy atom. The zero-order valence-electron chi connectivity index (χ0n) is 25.5. The molecular formula is C32H37N9O2S. The van der Waals surface area contributed by atoms with Gasteiger partial charge in [0.15, 0.2) is 0 Å². The van der Waals surface area contributed by atoms with Crippen molar-refractivity contribution in [2.75, 3.05) is 24.2 Å². The third kappa shape index (κ3) is 4.16. The van der Waals surface area contributed by atoms with E-state index >= 15 is 0 Å². The van der Waals surface area contributed by atoms with Crippen LogP contribution < -0.4 is 15.4 Å². The normalized spacial score (nSPS) is 23.4. The molecule has 0 amide bonds. The van der Waals surface area contributed by atoms with Crippen LogP contribution in [0.1, 0.15) is 84.0 Å². The standard InChI is InChI=1S/C32H37N9O2S/c1-18(22-8-6-12-39(22)2)42-26-13-25(41-16-19-15-35-40(3)23(19)17-41)36-31(37-26)28-20-7-4-10-32(29(20)38-43-28)11-5-9-24-27(32)21(14-33)30(34)44-24/h13,15,18,22H,4-12,16-17,34H2,1-3H3/t18-,22-,32-/m0/s1. The second-order valence-electron chi connectivity index (χ2n) is 12.9. The number of ether oxygens (including phenoxy) is 1. The Balaban J connectivity index is 1.21. The summed E-state index contributed by atoms with van der Waals surface area (Å²) in [5.41, 5.74) is 12.0. The average molecular weight is 612 g/mol. The number of nitriles is 1. The fourth-order valence-electron chi connectivity index (χ4n) is 8.21. The van der Waals surface area contributed by atoms with Crippen molar-refractivity contribution >= 4 is 22.2 Å². The molecule has 44 heavy (non-hydrogen) atoms. The Hall–Kier alpha value is -3.95. The highest BCUT2D eigenvalue weighted by Gasteiger charge is 2.48. The molecule has 11 nitrogen and oxygen atoms in total. The molecule has 4 aromatic rings. The number of fused-ring (bicyclic) bond motifs is 5. The first-order valence-corrected chi connectivity index (χ1v) is 16.5. The number of likely N-dealkylation sites (N-methyl/N-ethyl adjacent to an activating group) is 1. The monoisotopic (exact) mass is 611 g/mol. The van der Waals surface area contributed by atoms with Gasteiger partial charge in [-0.2, -0.15) is 15.3 Å². The Labute approximate surface area is 260 Å².